The Labute approximate surface area is 122 Å². The summed E-state index contributed by atoms with van der Waals surface area (Å²) in [6, 6.07) is 6.70. The van der Waals surface area contributed by atoms with E-state index in [1.165, 1.54) is 69.4 Å². The molecule has 1 aromatic carbocycles. The fraction of sp³-hybridized carbons (Fsp3) is 0.647. The van der Waals surface area contributed by atoms with Crippen molar-refractivity contribution in [2.75, 3.05) is 41.7 Å². The third kappa shape index (κ3) is 3.02. The van der Waals surface area contributed by atoms with E-state index in [1.54, 1.807) is 0 Å². The molecule has 0 saturated carbocycles. The van der Waals surface area contributed by atoms with Crippen molar-refractivity contribution in [2.45, 2.75) is 44.9 Å². The summed E-state index contributed by atoms with van der Waals surface area (Å²) in [7, 11) is 0. The molecule has 2 heterocycles. The first-order chi connectivity index (χ1) is 9.84. The highest BCUT2D eigenvalue weighted by molar-refractivity contribution is 5.73. The average molecular weight is 273 g/mol. The molecule has 0 radical (unpaired) electrons. The smallest absolute Gasteiger partial charge is 0.0601 e. The van der Waals surface area contributed by atoms with E-state index < -0.39 is 0 Å². The van der Waals surface area contributed by atoms with Crippen LogP contribution in [0.5, 0.6) is 0 Å². The molecule has 0 aromatic heterocycles. The maximum Gasteiger partial charge on any atom is 0.0601 e. The highest BCUT2D eigenvalue weighted by Gasteiger charge is 2.15. The van der Waals surface area contributed by atoms with Gasteiger partial charge in [0.25, 0.3) is 0 Å². The number of nitrogens with two attached hydrogens (primary N) is 1. The van der Waals surface area contributed by atoms with Gasteiger partial charge in [0.1, 0.15) is 0 Å². The van der Waals surface area contributed by atoms with Crippen molar-refractivity contribution in [1.82, 2.24) is 0 Å². The number of anilines is 3. The summed E-state index contributed by atoms with van der Waals surface area (Å²) in [5, 5.41) is 0. The Bertz CT molecular complexity index is 430. The van der Waals surface area contributed by atoms with Gasteiger partial charge in [-0.05, 0) is 50.3 Å². The zero-order valence-electron chi connectivity index (χ0n) is 12.5. The Kier molecular flexibility index (Phi) is 4.34. The number of hydrogen-bond acceptors (Lipinski definition) is 3. The van der Waals surface area contributed by atoms with E-state index in [1.807, 2.05) is 0 Å². The predicted molar refractivity (Wildman–Crippen MR) is 87.6 cm³/mol. The summed E-state index contributed by atoms with van der Waals surface area (Å²) < 4.78 is 0. The second-order valence-corrected chi connectivity index (χ2v) is 6.19. The Balaban J connectivity index is 1.75. The predicted octanol–water partition coefficient (Wildman–Crippen LogP) is 3.64. The van der Waals surface area contributed by atoms with Gasteiger partial charge in [0, 0.05) is 31.9 Å². The van der Waals surface area contributed by atoms with Crippen LogP contribution in [-0.2, 0) is 0 Å². The lowest BCUT2D eigenvalue weighted by Gasteiger charge is -2.31. The monoisotopic (exact) mass is 273 g/mol. The first kappa shape index (κ1) is 13.6. The quantitative estimate of drug-likeness (QED) is 0.835. The van der Waals surface area contributed by atoms with Gasteiger partial charge < -0.3 is 15.5 Å². The van der Waals surface area contributed by atoms with Crippen molar-refractivity contribution in [1.29, 1.82) is 0 Å². The minimum absolute atomic E-state index is 0.952. The lowest BCUT2D eigenvalue weighted by Crippen LogP contribution is -2.30. The first-order valence-corrected chi connectivity index (χ1v) is 8.24. The van der Waals surface area contributed by atoms with Crippen LogP contribution in [0.1, 0.15) is 44.9 Å². The molecule has 2 aliphatic rings. The Hall–Kier alpha value is -1.38. The Morgan fingerprint density at radius 1 is 0.700 bits per heavy atom. The van der Waals surface area contributed by atoms with Crippen LogP contribution < -0.4 is 15.5 Å². The molecule has 3 heteroatoms. The van der Waals surface area contributed by atoms with Crippen LogP contribution in [0.4, 0.5) is 17.1 Å². The van der Waals surface area contributed by atoms with Crippen LogP contribution in [0.25, 0.3) is 0 Å². The minimum Gasteiger partial charge on any atom is -0.397 e. The van der Waals surface area contributed by atoms with Crippen LogP contribution in [-0.4, -0.2) is 26.2 Å². The van der Waals surface area contributed by atoms with Crippen LogP contribution in [0.3, 0.4) is 0 Å². The van der Waals surface area contributed by atoms with E-state index in [0.29, 0.717) is 0 Å². The Morgan fingerprint density at radius 3 is 1.85 bits per heavy atom. The second-order valence-electron chi connectivity index (χ2n) is 6.19. The lowest BCUT2D eigenvalue weighted by molar-refractivity contribution is 0.578. The highest BCUT2D eigenvalue weighted by atomic mass is 15.2. The number of nitrogen functional groups attached to an aromatic ring is 1. The first-order valence-electron chi connectivity index (χ1n) is 8.24. The molecule has 2 saturated heterocycles. The zero-order valence-corrected chi connectivity index (χ0v) is 12.5. The van der Waals surface area contributed by atoms with Gasteiger partial charge in [-0.1, -0.05) is 12.8 Å². The third-order valence-corrected chi connectivity index (χ3v) is 4.68. The van der Waals surface area contributed by atoms with Crippen LogP contribution in [0, 0.1) is 0 Å². The van der Waals surface area contributed by atoms with E-state index in [4.69, 9.17) is 5.73 Å². The van der Waals surface area contributed by atoms with Crippen molar-refractivity contribution in [3.05, 3.63) is 18.2 Å². The zero-order chi connectivity index (χ0) is 13.8. The van der Waals surface area contributed by atoms with Crippen LogP contribution in [0.15, 0.2) is 18.2 Å². The normalized spacial score (nSPS) is 20.8. The molecule has 110 valence electrons. The largest absolute Gasteiger partial charge is 0.397 e. The van der Waals surface area contributed by atoms with E-state index in [0.717, 1.165) is 18.8 Å². The molecule has 3 rings (SSSR count). The van der Waals surface area contributed by atoms with Crippen molar-refractivity contribution in [3.63, 3.8) is 0 Å². The van der Waals surface area contributed by atoms with Crippen LogP contribution >= 0.6 is 0 Å². The molecule has 0 spiro atoms. The number of nitrogens with zero attached hydrogens (tertiary/aromatic N) is 2. The number of benzene rings is 1. The summed E-state index contributed by atoms with van der Waals surface area (Å²) in [5.74, 6) is 0. The van der Waals surface area contributed by atoms with Gasteiger partial charge >= 0.3 is 0 Å². The summed E-state index contributed by atoms with van der Waals surface area (Å²) >= 11 is 0. The van der Waals surface area contributed by atoms with Crippen molar-refractivity contribution < 1.29 is 0 Å². The van der Waals surface area contributed by atoms with E-state index in [9.17, 15) is 0 Å². The van der Waals surface area contributed by atoms with Crippen LogP contribution in [0.2, 0.25) is 0 Å². The van der Waals surface area contributed by atoms with Gasteiger partial charge in [0.2, 0.25) is 0 Å². The van der Waals surface area contributed by atoms with E-state index in [2.05, 4.69) is 28.0 Å². The molecule has 3 nitrogen and oxygen atoms in total. The molecular weight excluding hydrogens is 246 g/mol. The second kappa shape index (κ2) is 6.38. The van der Waals surface area contributed by atoms with Crippen molar-refractivity contribution in [2.24, 2.45) is 0 Å². The molecular formula is C17H27N3. The average Bonchev–Trinajstić information content (AvgIpc) is 2.77. The van der Waals surface area contributed by atoms with Crippen molar-refractivity contribution >= 4 is 17.1 Å². The molecule has 0 aliphatic carbocycles. The Morgan fingerprint density at radius 2 is 1.25 bits per heavy atom. The lowest BCUT2D eigenvalue weighted by atomic mass is 10.1. The van der Waals surface area contributed by atoms with Gasteiger partial charge in [0.05, 0.1) is 11.4 Å². The van der Waals surface area contributed by atoms with Gasteiger partial charge in [-0.3, -0.25) is 0 Å². The molecule has 1 aromatic rings. The highest BCUT2D eigenvalue weighted by Crippen LogP contribution is 2.31. The fourth-order valence-electron chi connectivity index (χ4n) is 3.49. The molecule has 2 fully saturated rings. The van der Waals surface area contributed by atoms with Gasteiger partial charge in [-0.2, -0.15) is 0 Å². The SMILES string of the molecule is Nc1cc(N2CCCCCC2)ccc1N1CCCCC1. The maximum absolute atomic E-state index is 6.33. The van der Waals surface area contributed by atoms with Gasteiger partial charge in [-0.15, -0.1) is 0 Å². The summed E-state index contributed by atoms with van der Waals surface area (Å²) in [6.45, 7) is 4.69. The third-order valence-electron chi connectivity index (χ3n) is 4.68. The molecule has 2 N–H and O–H groups in total. The summed E-state index contributed by atoms with van der Waals surface area (Å²) in [4.78, 5) is 4.95. The molecule has 0 bridgehead atoms. The molecule has 0 unspecified atom stereocenters. The maximum atomic E-state index is 6.33. The minimum atomic E-state index is 0.952. The van der Waals surface area contributed by atoms with E-state index in [-0.39, 0.29) is 0 Å². The number of hydrogen-bond donors (Lipinski definition) is 1. The molecule has 0 amide bonds. The number of piperidine rings is 1. The fourth-order valence-corrected chi connectivity index (χ4v) is 3.49. The van der Waals surface area contributed by atoms with Gasteiger partial charge in [-0.25, -0.2) is 0 Å². The van der Waals surface area contributed by atoms with Gasteiger partial charge in [0.15, 0.2) is 0 Å². The van der Waals surface area contributed by atoms with Crippen molar-refractivity contribution in [3.8, 4) is 0 Å². The molecule has 20 heavy (non-hydrogen) atoms. The number of rotatable bonds is 2. The van der Waals surface area contributed by atoms with E-state index >= 15 is 0 Å². The topological polar surface area (TPSA) is 32.5 Å². The summed E-state index contributed by atoms with van der Waals surface area (Å²) in [5.41, 5.74) is 9.83. The molecule has 2 aliphatic heterocycles. The molecule has 0 atom stereocenters. The standard InChI is InChI=1S/C17H27N3/c18-16-14-15(19-10-4-1-2-5-11-19)8-9-17(16)20-12-6-3-7-13-20/h8-9,14H,1-7,10-13,18H2. The summed E-state index contributed by atoms with van der Waals surface area (Å²) in [6.07, 6.45) is 9.33.